The third-order valence-electron chi connectivity index (χ3n) is 4.57. The lowest BCUT2D eigenvalue weighted by molar-refractivity contribution is -0.153. The molecule has 0 aliphatic carbocycles. The number of hydrogen-bond donors (Lipinski definition) is 2. The second-order valence-electron chi connectivity index (χ2n) is 7.93. The molecule has 1 fully saturated rings. The Bertz CT molecular complexity index is 670. The number of ether oxygens (including phenoxy) is 2. The van der Waals surface area contributed by atoms with Gasteiger partial charge in [-0.1, -0.05) is 12.1 Å². The van der Waals surface area contributed by atoms with Crippen molar-refractivity contribution >= 4 is 35.9 Å². The first-order valence-corrected chi connectivity index (χ1v) is 9.87. The molecule has 0 radical (unpaired) electrons. The highest BCUT2D eigenvalue weighted by Crippen LogP contribution is 2.27. The van der Waals surface area contributed by atoms with Gasteiger partial charge < -0.3 is 20.1 Å². The van der Waals surface area contributed by atoms with Gasteiger partial charge in [-0.25, -0.2) is 0 Å². The predicted molar refractivity (Wildman–Crippen MR) is 127 cm³/mol. The molecule has 0 bridgehead atoms. The number of likely N-dealkylation sites (tertiary alicyclic amines) is 1. The van der Waals surface area contributed by atoms with Crippen molar-refractivity contribution < 1.29 is 14.3 Å². The number of halogens is 1. The Labute approximate surface area is 191 Å². The third kappa shape index (κ3) is 8.77. The SMILES string of the molecule is CN=C(NCC(=O)OC(C)(C)C)NCC(c1cccc(OC)c1)N1CCCC1.I. The maximum Gasteiger partial charge on any atom is 0.325 e. The summed E-state index contributed by atoms with van der Waals surface area (Å²) in [5, 5.41) is 6.38. The number of guanidine groups is 1. The molecule has 0 saturated carbocycles. The van der Waals surface area contributed by atoms with E-state index in [1.54, 1.807) is 14.2 Å². The average molecular weight is 518 g/mol. The Morgan fingerprint density at radius 1 is 1.24 bits per heavy atom. The molecule has 1 unspecified atom stereocenters. The molecule has 1 heterocycles. The number of aliphatic imine (C=N–C) groups is 1. The van der Waals surface area contributed by atoms with Gasteiger partial charge in [0.25, 0.3) is 0 Å². The smallest absolute Gasteiger partial charge is 0.325 e. The molecule has 1 saturated heterocycles. The molecule has 1 atom stereocenters. The van der Waals surface area contributed by atoms with Crippen molar-refractivity contribution in [1.82, 2.24) is 15.5 Å². The first kappa shape index (κ1) is 25.5. The second-order valence-corrected chi connectivity index (χ2v) is 7.93. The van der Waals surface area contributed by atoms with Crippen molar-refractivity contribution in [2.45, 2.75) is 45.3 Å². The Balaban J connectivity index is 0.00000420. The van der Waals surface area contributed by atoms with Gasteiger partial charge in [0.05, 0.1) is 13.2 Å². The normalized spacial score (nSPS) is 16.0. The van der Waals surface area contributed by atoms with Crippen LogP contribution in [0.5, 0.6) is 5.75 Å². The van der Waals surface area contributed by atoms with E-state index in [9.17, 15) is 4.79 Å². The van der Waals surface area contributed by atoms with E-state index in [4.69, 9.17) is 9.47 Å². The number of benzene rings is 1. The molecule has 0 amide bonds. The van der Waals surface area contributed by atoms with Crippen molar-refractivity contribution in [3.05, 3.63) is 29.8 Å². The third-order valence-corrected chi connectivity index (χ3v) is 4.57. The number of hydrogen-bond acceptors (Lipinski definition) is 5. The lowest BCUT2D eigenvalue weighted by Gasteiger charge is -2.29. The van der Waals surface area contributed by atoms with Gasteiger partial charge in [0, 0.05) is 13.6 Å². The molecule has 1 aliphatic heterocycles. The summed E-state index contributed by atoms with van der Waals surface area (Å²) in [6, 6.07) is 8.40. The van der Waals surface area contributed by atoms with Gasteiger partial charge in [-0.15, -0.1) is 24.0 Å². The zero-order valence-electron chi connectivity index (χ0n) is 18.2. The minimum atomic E-state index is -0.497. The van der Waals surface area contributed by atoms with Crippen molar-refractivity contribution in [2.75, 3.05) is 40.3 Å². The maximum atomic E-state index is 11.9. The average Bonchev–Trinajstić information content (AvgIpc) is 3.17. The number of carbonyl (C=O) groups excluding carboxylic acids is 1. The largest absolute Gasteiger partial charge is 0.497 e. The van der Waals surface area contributed by atoms with E-state index in [-0.39, 0.29) is 42.5 Å². The van der Waals surface area contributed by atoms with Crippen LogP contribution in [0.25, 0.3) is 0 Å². The van der Waals surface area contributed by atoms with Crippen molar-refractivity contribution in [2.24, 2.45) is 4.99 Å². The molecule has 1 aromatic rings. The van der Waals surface area contributed by atoms with Crippen LogP contribution in [-0.2, 0) is 9.53 Å². The summed E-state index contributed by atoms with van der Waals surface area (Å²) in [6.45, 7) is 8.47. The highest BCUT2D eigenvalue weighted by atomic mass is 127. The van der Waals surface area contributed by atoms with Gasteiger partial charge in [-0.3, -0.25) is 14.7 Å². The van der Waals surface area contributed by atoms with Crippen LogP contribution in [-0.4, -0.2) is 62.8 Å². The molecular formula is C21H35IN4O3. The van der Waals surface area contributed by atoms with Crippen LogP contribution in [0.15, 0.2) is 29.3 Å². The van der Waals surface area contributed by atoms with Crippen molar-refractivity contribution in [3.8, 4) is 5.75 Å². The maximum absolute atomic E-state index is 11.9. The fourth-order valence-electron chi connectivity index (χ4n) is 3.31. The van der Waals surface area contributed by atoms with Crippen LogP contribution in [0, 0.1) is 0 Å². The van der Waals surface area contributed by atoms with Crippen LogP contribution in [0.1, 0.15) is 45.2 Å². The summed E-state index contributed by atoms with van der Waals surface area (Å²) in [6.07, 6.45) is 2.43. The highest BCUT2D eigenvalue weighted by molar-refractivity contribution is 14.0. The molecule has 0 aromatic heterocycles. The second kappa shape index (κ2) is 12.2. The Hall–Kier alpha value is -1.55. The van der Waals surface area contributed by atoms with E-state index >= 15 is 0 Å². The lowest BCUT2D eigenvalue weighted by Crippen LogP contribution is -2.45. The topological polar surface area (TPSA) is 75.2 Å². The summed E-state index contributed by atoms with van der Waals surface area (Å²) in [5.41, 5.74) is 0.708. The van der Waals surface area contributed by atoms with Gasteiger partial charge in [0.1, 0.15) is 17.9 Å². The van der Waals surface area contributed by atoms with Gasteiger partial charge in [-0.05, 0) is 64.4 Å². The van der Waals surface area contributed by atoms with Gasteiger partial charge in [0.2, 0.25) is 0 Å². The summed E-state index contributed by atoms with van der Waals surface area (Å²) >= 11 is 0. The number of nitrogens with one attached hydrogen (secondary N) is 2. The standard InChI is InChI=1S/C21H34N4O3.HI/c1-21(2,3)28-19(26)15-24-20(22-4)23-14-18(25-11-6-7-12-25)16-9-8-10-17(13-16)27-5;/h8-10,13,18H,6-7,11-12,14-15H2,1-5H3,(H2,22,23,24);1H. The molecule has 1 aromatic carbocycles. The van der Waals surface area contributed by atoms with Crippen LogP contribution in [0.4, 0.5) is 0 Å². The fourth-order valence-corrected chi connectivity index (χ4v) is 3.31. The zero-order valence-corrected chi connectivity index (χ0v) is 20.5. The van der Waals surface area contributed by atoms with Crippen LogP contribution >= 0.6 is 24.0 Å². The number of nitrogens with zero attached hydrogens (tertiary/aromatic N) is 2. The first-order valence-electron chi connectivity index (χ1n) is 9.87. The summed E-state index contributed by atoms with van der Waals surface area (Å²) in [5.74, 6) is 1.13. The summed E-state index contributed by atoms with van der Waals surface area (Å²) in [7, 11) is 3.38. The first-order chi connectivity index (χ1) is 13.3. The number of methoxy groups -OCH3 is 1. The Morgan fingerprint density at radius 2 is 1.93 bits per heavy atom. The molecule has 8 heteroatoms. The predicted octanol–water partition coefficient (Wildman–Crippen LogP) is 2.96. The molecular weight excluding hydrogens is 483 g/mol. The van der Waals surface area contributed by atoms with E-state index < -0.39 is 5.60 Å². The number of rotatable bonds is 7. The highest BCUT2D eigenvalue weighted by Gasteiger charge is 2.24. The van der Waals surface area contributed by atoms with E-state index in [1.165, 1.54) is 18.4 Å². The van der Waals surface area contributed by atoms with Crippen molar-refractivity contribution in [3.63, 3.8) is 0 Å². The Kier molecular flexibility index (Phi) is 10.7. The van der Waals surface area contributed by atoms with E-state index in [2.05, 4.69) is 32.7 Å². The minimum Gasteiger partial charge on any atom is -0.497 e. The van der Waals surface area contributed by atoms with Gasteiger partial charge in [0.15, 0.2) is 5.96 Å². The molecule has 2 rings (SSSR count). The molecule has 7 nitrogen and oxygen atoms in total. The van der Waals surface area contributed by atoms with Crippen LogP contribution in [0.2, 0.25) is 0 Å². The quantitative estimate of drug-likeness (QED) is 0.250. The molecule has 2 N–H and O–H groups in total. The van der Waals surface area contributed by atoms with Crippen LogP contribution < -0.4 is 15.4 Å². The Morgan fingerprint density at radius 3 is 2.52 bits per heavy atom. The monoisotopic (exact) mass is 518 g/mol. The molecule has 29 heavy (non-hydrogen) atoms. The van der Waals surface area contributed by atoms with E-state index in [0.717, 1.165) is 18.8 Å². The fraction of sp³-hybridized carbons (Fsp3) is 0.619. The van der Waals surface area contributed by atoms with Gasteiger partial charge in [-0.2, -0.15) is 0 Å². The zero-order chi connectivity index (χ0) is 20.6. The molecule has 164 valence electrons. The molecule has 1 aliphatic rings. The van der Waals surface area contributed by atoms with Gasteiger partial charge >= 0.3 is 5.97 Å². The number of carbonyl (C=O) groups is 1. The lowest BCUT2D eigenvalue weighted by atomic mass is 10.1. The van der Waals surface area contributed by atoms with Crippen LogP contribution in [0.3, 0.4) is 0 Å². The van der Waals surface area contributed by atoms with E-state index in [0.29, 0.717) is 12.5 Å². The van der Waals surface area contributed by atoms with Crippen molar-refractivity contribution in [1.29, 1.82) is 0 Å². The molecule has 0 spiro atoms. The minimum absolute atomic E-state index is 0. The summed E-state index contributed by atoms with van der Waals surface area (Å²) in [4.78, 5) is 18.6. The summed E-state index contributed by atoms with van der Waals surface area (Å²) < 4.78 is 10.7. The van der Waals surface area contributed by atoms with E-state index in [1.807, 2.05) is 32.9 Å². The number of esters is 1.